The molecule has 1 fully saturated rings. The normalized spacial score (nSPS) is 22.9. The number of carbonyl (C=O) groups is 1. The molecule has 0 saturated heterocycles. The summed E-state index contributed by atoms with van der Waals surface area (Å²) >= 11 is 0. The van der Waals surface area contributed by atoms with E-state index in [-0.39, 0.29) is 12.1 Å². The minimum Gasteiger partial charge on any atom is -0.475 e. The highest BCUT2D eigenvalue weighted by Gasteiger charge is 2.29. The molecular formula is C16H21NO3. The van der Waals surface area contributed by atoms with Crippen molar-refractivity contribution in [2.24, 2.45) is 0 Å². The van der Waals surface area contributed by atoms with Crippen LogP contribution in [0.1, 0.15) is 38.5 Å². The molecule has 2 aliphatic rings. The van der Waals surface area contributed by atoms with Gasteiger partial charge >= 0.3 is 5.97 Å². The number of esters is 1. The van der Waals surface area contributed by atoms with Gasteiger partial charge in [0.1, 0.15) is 11.9 Å². The second-order valence-corrected chi connectivity index (χ2v) is 5.53. The lowest BCUT2D eigenvalue weighted by molar-refractivity contribution is -0.157. The van der Waals surface area contributed by atoms with E-state index in [9.17, 15) is 4.79 Å². The quantitative estimate of drug-likeness (QED) is 0.665. The number of para-hydroxylation sites is 2. The number of ether oxygens (including phenoxy) is 2. The highest BCUT2D eigenvalue weighted by atomic mass is 16.6. The van der Waals surface area contributed by atoms with Crippen LogP contribution in [0.25, 0.3) is 0 Å². The lowest BCUT2D eigenvalue weighted by atomic mass is 10.1. The topological polar surface area (TPSA) is 47.6 Å². The van der Waals surface area contributed by atoms with E-state index in [0.29, 0.717) is 6.54 Å². The van der Waals surface area contributed by atoms with Crippen molar-refractivity contribution in [3.05, 3.63) is 24.3 Å². The van der Waals surface area contributed by atoms with Gasteiger partial charge < -0.3 is 14.8 Å². The fourth-order valence-electron chi connectivity index (χ4n) is 2.84. The Kier molecular flexibility index (Phi) is 4.09. The summed E-state index contributed by atoms with van der Waals surface area (Å²) in [7, 11) is 0. The van der Waals surface area contributed by atoms with Crippen molar-refractivity contribution in [2.45, 2.75) is 50.7 Å². The van der Waals surface area contributed by atoms with Crippen LogP contribution in [0.15, 0.2) is 24.3 Å². The van der Waals surface area contributed by atoms with E-state index in [1.165, 1.54) is 12.8 Å². The van der Waals surface area contributed by atoms with Gasteiger partial charge in [0.2, 0.25) is 6.10 Å². The predicted octanol–water partition coefficient (Wildman–Crippen LogP) is 3.13. The molecule has 1 N–H and O–H groups in total. The van der Waals surface area contributed by atoms with Gasteiger partial charge in [-0.1, -0.05) is 25.0 Å². The zero-order chi connectivity index (χ0) is 13.8. The largest absolute Gasteiger partial charge is 0.475 e. The third kappa shape index (κ3) is 3.06. The Bertz CT molecular complexity index is 467. The molecule has 108 valence electrons. The fourth-order valence-corrected chi connectivity index (χ4v) is 2.84. The van der Waals surface area contributed by atoms with E-state index in [0.717, 1.165) is 37.1 Å². The van der Waals surface area contributed by atoms with Crippen LogP contribution in [0.3, 0.4) is 0 Å². The molecule has 1 aromatic carbocycles. The SMILES string of the molecule is O=C(OC1CCCCCC1)C1CNc2ccccc2O1. The van der Waals surface area contributed by atoms with Crippen molar-refractivity contribution >= 4 is 11.7 Å². The van der Waals surface area contributed by atoms with Crippen LogP contribution in [0.2, 0.25) is 0 Å². The van der Waals surface area contributed by atoms with Crippen molar-refractivity contribution in [2.75, 3.05) is 11.9 Å². The first-order valence-corrected chi connectivity index (χ1v) is 7.53. The second kappa shape index (κ2) is 6.16. The van der Waals surface area contributed by atoms with Crippen molar-refractivity contribution < 1.29 is 14.3 Å². The Morgan fingerprint density at radius 2 is 1.90 bits per heavy atom. The molecule has 1 aliphatic heterocycles. The molecule has 0 spiro atoms. The smallest absolute Gasteiger partial charge is 0.349 e. The molecule has 4 heteroatoms. The Labute approximate surface area is 119 Å². The minimum atomic E-state index is -0.534. The molecule has 0 bridgehead atoms. The summed E-state index contributed by atoms with van der Waals surface area (Å²) in [6.45, 7) is 0.475. The maximum Gasteiger partial charge on any atom is 0.349 e. The van der Waals surface area contributed by atoms with Crippen molar-refractivity contribution in [1.82, 2.24) is 0 Å². The summed E-state index contributed by atoms with van der Waals surface area (Å²) in [5, 5.41) is 3.22. The Morgan fingerprint density at radius 1 is 1.15 bits per heavy atom. The standard InChI is InChI=1S/C16H21NO3/c18-16(19-12-7-3-1-2-4-8-12)15-11-17-13-9-5-6-10-14(13)20-15/h5-6,9-10,12,15,17H,1-4,7-8,11H2. The Morgan fingerprint density at radius 3 is 2.70 bits per heavy atom. The van der Waals surface area contributed by atoms with Gasteiger partial charge in [-0.05, 0) is 37.8 Å². The molecule has 1 unspecified atom stereocenters. The number of carbonyl (C=O) groups excluding carboxylic acids is 1. The molecule has 1 aliphatic carbocycles. The Hall–Kier alpha value is -1.71. The molecule has 20 heavy (non-hydrogen) atoms. The van der Waals surface area contributed by atoms with Gasteiger partial charge in [0.25, 0.3) is 0 Å². The highest BCUT2D eigenvalue weighted by molar-refractivity contribution is 5.78. The van der Waals surface area contributed by atoms with E-state index in [1.54, 1.807) is 0 Å². The number of anilines is 1. The molecular weight excluding hydrogens is 254 g/mol. The lowest BCUT2D eigenvalue weighted by Gasteiger charge is -2.27. The van der Waals surface area contributed by atoms with Crippen LogP contribution in [0.5, 0.6) is 5.75 Å². The third-order valence-corrected chi connectivity index (χ3v) is 3.98. The molecule has 0 amide bonds. The van der Waals surface area contributed by atoms with E-state index >= 15 is 0 Å². The summed E-state index contributed by atoms with van der Waals surface area (Å²) in [4.78, 5) is 12.2. The fraction of sp³-hybridized carbons (Fsp3) is 0.562. The van der Waals surface area contributed by atoms with Crippen molar-refractivity contribution in [3.8, 4) is 5.75 Å². The summed E-state index contributed by atoms with van der Waals surface area (Å²) in [6.07, 6.45) is 6.34. The van der Waals surface area contributed by atoms with Gasteiger partial charge in [-0.25, -0.2) is 4.79 Å². The number of rotatable bonds is 2. The van der Waals surface area contributed by atoms with Gasteiger partial charge in [0.15, 0.2) is 0 Å². The Balaban J connectivity index is 1.58. The summed E-state index contributed by atoms with van der Waals surface area (Å²) < 4.78 is 11.4. The molecule has 0 radical (unpaired) electrons. The van der Waals surface area contributed by atoms with Crippen LogP contribution in [-0.2, 0) is 9.53 Å². The first kappa shape index (κ1) is 13.3. The van der Waals surface area contributed by atoms with Crippen LogP contribution in [0, 0.1) is 0 Å². The molecule has 4 nitrogen and oxygen atoms in total. The van der Waals surface area contributed by atoms with Crippen LogP contribution in [-0.4, -0.2) is 24.7 Å². The second-order valence-electron chi connectivity index (χ2n) is 5.53. The molecule has 0 aromatic heterocycles. The average Bonchev–Trinajstić information content (AvgIpc) is 2.75. The summed E-state index contributed by atoms with van der Waals surface area (Å²) in [5.41, 5.74) is 0.936. The van der Waals surface area contributed by atoms with E-state index in [4.69, 9.17) is 9.47 Å². The zero-order valence-corrected chi connectivity index (χ0v) is 11.6. The summed E-state index contributed by atoms with van der Waals surface area (Å²) in [5.74, 6) is 0.487. The van der Waals surface area contributed by atoms with E-state index in [2.05, 4.69) is 5.32 Å². The monoisotopic (exact) mass is 275 g/mol. The van der Waals surface area contributed by atoms with Crippen molar-refractivity contribution in [3.63, 3.8) is 0 Å². The van der Waals surface area contributed by atoms with Crippen LogP contribution in [0.4, 0.5) is 5.69 Å². The van der Waals surface area contributed by atoms with Crippen LogP contribution >= 0.6 is 0 Å². The van der Waals surface area contributed by atoms with Gasteiger partial charge in [0, 0.05) is 0 Å². The summed E-state index contributed by atoms with van der Waals surface area (Å²) in [6, 6.07) is 7.66. The van der Waals surface area contributed by atoms with Crippen molar-refractivity contribution in [1.29, 1.82) is 0 Å². The van der Waals surface area contributed by atoms with Gasteiger partial charge in [-0.15, -0.1) is 0 Å². The first-order valence-electron chi connectivity index (χ1n) is 7.53. The average molecular weight is 275 g/mol. The minimum absolute atomic E-state index is 0.0748. The van der Waals surface area contributed by atoms with Crippen LogP contribution < -0.4 is 10.1 Å². The number of fused-ring (bicyclic) bond motifs is 1. The number of benzene rings is 1. The number of hydrogen-bond donors (Lipinski definition) is 1. The molecule has 3 rings (SSSR count). The van der Waals surface area contributed by atoms with Gasteiger partial charge in [0.05, 0.1) is 12.2 Å². The van der Waals surface area contributed by atoms with E-state index < -0.39 is 6.10 Å². The van der Waals surface area contributed by atoms with Gasteiger partial charge in [-0.3, -0.25) is 0 Å². The number of nitrogens with one attached hydrogen (secondary N) is 1. The first-order chi connectivity index (χ1) is 9.83. The molecule has 1 atom stereocenters. The zero-order valence-electron chi connectivity index (χ0n) is 11.6. The van der Waals surface area contributed by atoms with E-state index in [1.807, 2.05) is 24.3 Å². The maximum atomic E-state index is 12.2. The molecule has 1 heterocycles. The highest BCUT2D eigenvalue weighted by Crippen LogP contribution is 2.29. The number of hydrogen-bond acceptors (Lipinski definition) is 4. The molecule has 1 aromatic rings. The maximum absolute atomic E-state index is 12.2. The predicted molar refractivity (Wildman–Crippen MR) is 76.9 cm³/mol. The van der Waals surface area contributed by atoms with Gasteiger partial charge in [-0.2, -0.15) is 0 Å². The lowest BCUT2D eigenvalue weighted by Crippen LogP contribution is -2.40. The third-order valence-electron chi connectivity index (χ3n) is 3.98. The molecule has 1 saturated carbocycles.